The number of benzene rings is 2. The maximum atomic E-state index is 13.3. The number of aryl methyl sites for hydroxylation is 1. The number of nitrogens with zero attached hydrogens (tertiary/aromatic N) is 4. The van der Waals surface area contributed by atoms with E-state index in [1.165, 1.54) is 12.1 Å². The van der Waals surface area contributed by atoms with E-state index in [9.17, 15) is 4.39 Å². The third-order valence-electron chi connectivity index (χ3n) is 4.63. The first-order valence-electron chi connectivity index (χ1n) is 8.46. The van der Waals surface area contributed by atoms with Crippen LogP contribution in [0.5, 0.6) is 0 Å². The number of nitrogen functional groups attached to an aromatic ring is 1. The molecule has 132 valence electrons. The summed E-state index contributed by atoms with van der Waals surface area (Å²) in [6.07, 6.45) is 1.69. The first-order chi connectivity index (χ1) is 13.1. The lowest BCUT2D eigenvalue weighted by molar-refractivity contribution is 0.628. The smallest absolute Gasteiger partial charge is 0.165 e. The third kappa shape index (κ3) is 2.36. The van der Waals surface area contributed by atoms with E-state index in [0.717, 1.165) is 27.9 Å². The van der Waals surface area contributed by atoms with Crippen LogP contribution in [0.4, 0.5) is 10.2 Å². The zero-order chi connectivity index (χ0) is 18.5. The van der Waals surface area contributed by atoms with Crippen LogP contribution in [0, 0.1) is 12.7 Å². The van der Waals surface area contributed by atoms with Crippen LogP contribution in [0.3, 0.4) is 0 Å². The first kappa shape index (κ1) is 15.5. The molecule has 0 saturated heterocycles. The number of aromatic amines is 1. The van der Waals surface area contributed by atoms with E-state index in [4.69, 9.17) is 5.73 Å². The number of hydrogen-bond acceptors (Lipinski definition) is 4. The van der Waals surface area contributed by atoms with Crippen molar-refractivity contribution in [3.8, 4) is 22.5 Å². The third-order valence-corrected chi connectivity index (χ3v) is 4.63. The zero-order valence-electron chi connectivity index (χ0n) is 14.4. The number of aromatic nitrogens is 5. The monoisotopic (exact) mass is 358 g/mol. The number of halogens is 1. The fraction of sp³-hybridized carbons (Fsp3) is 0.0500. The summed E-state index contributed by atoms with van der Waals surface area (Å²) in [6.45, 7) is 1.88. The second kappa shape index (κ2) is 5.63. The predicted molar refractivity (Wildman–Crippen MR) is 103 cm³/mol. The van der Waals surface area contributed by atoms with Crippen molar-refractivity contribution in [2.24, 2.45) is 0 Å². The van der Waals surface area contributed by atoms with Crippen molar-refractivity contribution >= 4 is 22.5 Å². The van der Waals surface area contributed by atoms with Crippen LogP contribution < -0.4 is 5.73 Å². The molecule has 0 aliphatic heterocycles. The van der Waals surface area contributed by atoms with Crippen LogP contribution in [-0.2, 0) is 0 Å². The van der Waals surface area contributed by atoms with Crippen molar-refractivity contribution in [3.63, 3.8) is 0 Å². The highest BCUT2D eigenvalue weighted by Crippen LogP contribution is 2.31. The van der Waals surface area contributed by atoms with Gasteiger partial charge in [-0.3, -0.25) is 0 Å². The number of imidazole rings is 1. The predicted octanol–water partition coefficient (Wildman–Crippen LogP) is 3.97. The van der Waals surface area contributed by atoms with Gasteiger partial charge in [0, 0.05) is 11.8 Å². The molecular formula is C20H15FN6. The molecule has 5 aromatic rings. The SMILES string of the molecule is Cc1nn2c(N)c(-c3nc4ccccc4[nH]3)cnc2c1-c1ccc(F)cc1. The number of para-hydroxylation sites is 2. The lowest BCUT2D eigenvalue weighted by Crippen LogP contribution is -2.03. The molecule has 0 bridgehead atoms. The second-order valence-electron chi connectivity index (χ2n) is 6.36. The van der Waals surface area contributed by atoms with Crippen LogP contribution in [0.1, 0.15) is 5.69 Å². The van der Waals surface area contributed by atoms with Crippen LogP contribution in [-0.4, -0.2) is 24.6 Å². The average Bonchev–Trinajstić information content (AvgIpc) is 3.24. The Balaban J connectivity index is 1.71. The number of hydrogen-bond donors (Lipinski definition) is 2. The van der Waals surface area contributed by atoms with E-state index >= 15 is 0 Å². The first-order valence-corrected chi connectivity index (χ1v) is 8.46. The van der Waals surface area contributed by atoms with Gasteiger partial charge >= 0.3 is 0 Å². The number of H-pyrrole nitrogens is 1. The van der Waals surface area contributed by atoms with Crippen LogP contribution in [0.15, 0.2) is 54.7 Å². The summed E-state index contributed by atoms with van der Waals surface area (Å²) in [5, 5.41) is 4.55. The Morgan fingerprint density at radius 3 is 2.63 bits per heavy atom. The summed E-state index contributed by atoms with van der Waals surface area (Å²) in [5.74, 6) is 0.794. The van der Waals surface area contributed by atoms with Gasteiger partial charge in [-0.25, -0.2) is 14.4 Å². The molecule has 0 spiro atoms. The molecule has 6 nitrogen and oxygen atoms in total. The fourth-order valence-corrected chi connectivity index (χ4v) is 3.33. The molecule has 7 heteroatoms. The van der Waals surface area contributed by atoms with Crippen molar-refractivity contribution < 1.29 is 4.39 Å². The van der Waals surface area contributed by atoms with Gasteiger partial charge in [0.2, 0.25) is 0 Å². The highest BCUT2D eigenvalue weighted by molar-refractivity contribution is 5.85. The van der Waals surface area contributed by atoms with E-state index in [1.807, 2.05) is 31.2 Å². The number of fused-ring (bicyclic) bond motifs is 2. The molecule has 27 heavy (non-hydrogen) atoms. The Morgan fingerprint density at radius 1 is 1.07 bits per heavy atom. The molecule has 3 N–H and O–H groups in total. The van der Waals surface area contributed by atoms with Gasteiger partial charge in [0.15, 0.2) is 5.65 Å². The molecule has 0 saturated carbocycles. The minimum Gasteiger partial charge on any atom is -0.383 e. The number of rotatable bonds is 2. The van der Waals surface area contributed by atoms with E-state index in [0.29, 0.717) is 22.9 Å². The lowest BCUT2D eigenvalue weighted by Gasteiger charge is -2.05. The number of nitrogens with one attached hydrogen (secondary N) is 1. The van der Waals surface area contributed by atoms with E-state index in [-0.39, 0.29) is 5.82 Å². The highest BCUT2D eigenvalue weighted by Gasteiger charge is 2.18. The Morgan fingerprint density at radius 2 is 1.85 bits per heavy atom. The maximum Gasteiger partial charge on any atom is 0.165 e. The summed E-state index contributed by atoms with van der Waals surface area (Å²) in [5.41, 5.74) is 11.9. The van der Waals surface area contributed by atoms with Gasteiger partial charge < -0.3 is 10.7 Å². The molecular weight excluding hydrogens is 343 g/mol. The van der Waals surface area contributed by atoms with Crippen molar-refractivity contribution in [3.05, 3.63) is 66.2 Å². The Labute approximate surface area is 153 Å². The second-order valence-corrected chi connectivity index (χ2v) is 6.36. The molecule has 5 rings (SSSR count). The lowest BCUT2D eigenvalue weighted by atomic mass is 10.1. The van der Waals surface area contributed by atoms with E-state index < -0.39 is 0 Å². The largest absolute Gasteiger partial charge is 0.383 e. The van der Waals surface area contributed by atoms with Gasteiger partial charge in [-0.05, 0) is 36.8 Å². The quantitative estimate of drug-likeness (QED) is 0.500. The van der Waals surface area contributed by atoms with E-state index in [1.54, 1.807) is 22.8 Å². The van der Waals surface area contributed by atoms with Gasteiger partial charge in [-0.2, -0.15) is 9.61 Å². The van der Waals surface area contributed by atoms with Crippen molar-refractivity contribution in [1.82, 2.24) is 24.6 Å². The standard InChI is InChI=1S/C20H15FN6/c1-11-17(12-6-8-13(21)9-7-12)20-23-10-14(18(22)27(20)26-11)19-24-15-4-2-3-5-16(15)25-19/h2-10H,22H2,1H3,(H,24,25). The summed E-state index contributed by atoms with van der Waals surface area (Å²) < 4.78 is 14.9. The van der Waals surface area contributed by atoms with Crippen LogP contribution in [0.2, 0.25) is 0 Å². The minimum absolute atomic E-state index is 0.285. The average molecular weight is 358 g/mol. The fourth-order valence-electron chi connectivity index (χ4n) is 3.33. The van der Waals surface area contributed by atoms with Crippen LogP contribution in [0.25, 0.3) is 39.2 Å². The number of anilines is 1. The molecule has 0 radical (unpaired) electrons. The highest BCUT2D eigenvalue weighted by atomic mass is 19.1. The summed E-state index contributed by atoms with van der Waals surface area (Å²) in [4.78, 5) is 12.4. The number of nitrogens with two attached hydrogens (primary N) is 1. The molecule has 0 aliphatic rings. The van der Waals surface area contributed by atoms with Gasteiger partial charge in [0.1, 0.15) is 17.5 Å². The molecule has 3 heterocycles. The molecule has 0 unspecified atom stereocenters. The summed E-state index contributed by atoms with van der Waals surface area (Å²) >= 11 is 0. The molecule has 2 aromatic carbocycles. The van der Waals surface area contributed by atoms with Gasteiger partial charge in [-0.15, -0.1) is 0 Å². The topological polar surface area (TPSA) is 84.9 Å². The molecule has 3 aromatic heterocycles. The van der Waals surface area contributed by atoms with Crippen molar-refractivity contribution in [2.45, 2.75) is 6.92 Å². The normalized spacial score (nSPS) is 11.5. The minimum atomic E-state index is -0.285. The van der Waals surface area contributed by atoms with Crippen LogP contribution >= 0.6 is 0 Å². The molecule has 0 fully saturated rings. The summed E-state index contributed by atoms with van der Waals surface area (Å²) in [6, 6.07) is 14.0. The van der Waals surface area contributed by atoms with Crippen molar-refractivity contribution in [1.29, 1.82) is 0 Å². The van der Waals surface area contributed by atoms with Crippen molar-refractivity contribution in [2.75, 3.05) is 5.73 Å². The molecule has 0 amide bonds. The summed E-state index contributed by atoms with van der Waals surface area (Å²) in [7, 11) is 0. The molecule has 0 aliphatic carbocycles. The Hall–Kier alpha value is -3.74. The Bertz CT molecular complexity index is 1270. The zero-order valence-corrected chi connectivity index (χ0v) is 14.4. The van der Waals surface area contributed by atoms with Gasteiger partial charge in [-0.1, -0.05) is 24.3 Å². The van der Waals surface area contributed by atoms with Gasteiger partial charge in [0.05, 0.1) is 22.3 Å². The maximum absolute atomic E-state index is 13.3. The van der Waals surface area contributed by atoms with Gasteiger partial charge in [0.25, 0.3) is 0 Å². The Kier molecular flexibility index (Phi) is 3.24. The molecule has 0 atom stereocenters. The van der Waals surface area contributed by atoms with E-state index in [2.05, 4.69) is 20.1 Å².